The van der Waals surface area contributed by atoms with Gasteiger partial charge in [0, 0.05) is 0 Å². The van der Waals surface area contributed by atoms with Crippen molar-refractivity contribution in [2.45, 2.75) is 18.1 Å². The van der Waals surface area contributed by atoms with Gasteiger partial charge in [-0.15, -0.1) is 5.10 Å². The molecule has 0 aromatic carbocycles. The maximum atomic E-state index is 11.8. The van der Waals surface area contributed by atoms with Gasteiger partial charge in [0.2, 0.25) is 0 Å². The number of hydrogen-bond acceptors (Lipinski definition) is 5. The van der Waals surface area contributed by atoms with Crippen molar-refractivity contribution < 1.29 is 13.2 Å². The number of ether oxygens (including phenoxy) is 1. The van der Waals surface area contributed by atoms with Crippen LogP contribution < -0.4 is 4.74 Å². The zero-order valence-corrected chi connectivity index (χ0v) is 10.7. The molecule has 0 saturated carbocycles. The smallest absolute Gasteiger partial charge is 0.169 e. The molecular formula is C11H13N3O3S. The van der Waals surface area contributed by atoms with Crippen LogP contribution in [0.15, 0.2) is 18.3 Å². The van der Waals surface area contributed by atoms with Crippen LogP contribution in [0.5, 0.6) is 5.75 Å². The van der Waals surface area contributed by atoms with Gasteiger partial charge in [0.05, 0.1) is 19.1 Å². The molecule has 1 atom stereocenters. The molecule has 96 valence electrons. The molecule has 0 radical (unpaired) electrons. The number of aromatic nitrogens is 3. The standard InChI is InChI=1S/C11H13N3O3S/c1-17-8-4-5-10-12-11(13-14(10)7-8)9-3-2-6-18(9,15)16/h4-5,7,9H,2-3,6H2,1H3. The Morgan fingerprint density at radius 2 is 2.28 bits per heavy atom. The van der Waals surface area contributed by atoms with Gasteiger partial charge >= 0.3 is 0 Å². The van der Waals surface area contributed by atoms with Crippen LogP contribution in [0.3, 0.4) is 0 Å². The Bertz CT molecular complexity index is 693. The van der Waals surface area contributed by atoms with Crippen LogP contribution in [0.4, 0.5) is 0 Å². The predicted molar refractivity (Wildman–Crippen MR) is 65.3 cm³/mol. The van der Waals surface area contributed by atoms with Gasteiger partial charge in [-0.2, -0.15) is 0 Å². The van der Waals surface area contributed by atoms with E-state index in [1.54, 1.807) is 30.0 Å². The first kappa shape index (κ1) is 11.5. The molecule has 0 aliphatic carbocycles. The average molecular weight is 267 g/mol. The van der Waals surface area contributed by atoms with Gasteiger partial charge in [0.15, 0.2) is 21.3 Å². The summed E-state index contributed by atoms with van der Waals surface area (Å²) in [5.74, 6) is 1.28. The Kier molecular flexibility index (Phi) is 2.51. The fraction of sp³-hybridized carbons (Fsp3) is 0.455. The Labute approximate surface area is 105 Å². The highest BCUT2D eigenvalue weighted by Crippen LogP contribution is 2.32. The second-order valence-corrected chi connectivity index (χ2v) is 6.64. The van der Waals surface area contributed by atoms with Crippen LogP contribution in [0.2, 0.25) is 0 Å². The molecule has 0 bridgehead atoms. The van der Waals surface area contributed by atoms with Gasteiger partial charge in [-0.05, 0) is 25.0 Å². The normalized spacial score (nSPS) is 22.4. The molecule has 1 saturated heterocycles. The molecule has 0 N–H and O–H groups in total. The first-order valence-corrected chi connectivity index (χ1v) is 7.43. The maximum absolute atomic E-state index is 11.8. The van der Waals surface area contributed by atoms with Gasteiger partial charge in [-0.1, -0.05) is 0 Å². The van der Waals surface area contributed by atoms with Crippen LogP contribution in [-0.2, 0) is 9.84 Å². The van der Waals surface area contributed by atoms with Gasteiger partial charge < -0.3 is 4.74 Å². The second kappa shape index (κ2) is 3.94. The van der Waals surface area contributed by atoms with E-state index < -0.39 is 15.1 Å². The Morgan fingerprint density at radius 1 is 1.44 bits per heavy atom. The average Bonchev–Trinajstić information content (AvgIpc) is 2.90. The molecule has 1 fully saturated rings. The SMILES string of the molecule is COc1ccc2nc(C3CCCS3(=O)=O)nn2c1. The van der Waals surface area contributed by atoms with Crippen molar-refractivity contribution in [3.63, 3.8) is 0 Å². The summed E-state index contributed by atoms with van der Waals surface area (Å²) < 4.78 is 30.3. The molecule has 7 heteroatoms. The largest absolute Gasteiger partial charge is 0.495 e. The molecule has 2 aromatic rings. The summed E-state index contributed by atoms with van der Waals surface area (Å²) in [6, 6.07) is 3.54. The van der Waals surface area contributed by atoms with Crippen LogP contribution >= 0.6 is 0 Å². The van der Waals surface area contributed by atoms with Crippen molar-refractivity contribution >= 4 is 15.5 Å². The molecular weight excluding hydrogens is 254 g/mol. The number of sulfone groups is 1. The topological polar surface area (TPSA) is 73.6 Å². The van der Waals surface area contributed by atoms with Crippen LogP contribution in [0.25, 0.3) is 5.65 Å². The fourth-order valence-electron chi connectivity index (χ4n) is 2.22. The summed E-state index contributed by atoms with van der Waals surface area (Å²) in [6.07, 6.45) is 2.98. The number of rotatable bonds is 2. The van der Waals surface area contributed by atoms with Gasteiger partial charge in [-0.3, -0.25) is 0 Å². The number of methoxy groups -OCH3 is 1. The Balaban J connectivity index is 2.08. The summed E-state index contributed by atoms with van der Waals surface area (Å²) in [5.41, 5.74) is 0.632. The highest BCUT2D eigenvalue weighted by molar-refractivity contribution is 7.91. The lowest BCUT2D eigenvalue weighted by Gasteiger charge is -2.02. The lowest BCUT2D eigenvalue weighted by molar-refractivity contribution is 0.411. The lowest BCUT2D eigenvalue weighted by Crippen LogP contribution is -2.09. The predicted octanol–water partition coefficient (Wildman–Crippen LogP) is 0.988. The summed E-state index contributed by atoms with van der Waals surface area (Å²) in [5, 5.41) is 3.69. The second-order valence-electron chi connectivity index (χ2n) is 4.34. The van der Waals surface area contributed by atoms with E-state index in [0.29, 0.717) is 30.1 Å². The fourth-order valence-corrected chi connectivity index (χ4v) is 4.02. The molecule has 6 nitrogen and oxygen atoms in total. The van der Waals surface area contributed by atoms with E-state index in [9.17, 15) is 8.42 Å². The number of hydrogen-bond donors (Lipinski definition) is 0. The number of fused-ring (bicyclic) bond motifs is 1. The zero-order chi connectivity index (χ0) is 12.8. The van der Waals surface area contributed by atoms with Crippen molar-refractivity contribution in [2.24, 2.45) is 0 Å². The van der Waals surface area contributed by atoms with Crippen molar-refractivity contribution in [2.75, 3.05) is 12.9 Å². The molecule has 0 amide bonds. The van der Waals surface area contributed by atoms with Crippen molar-refractivity contribution in [3.8, 4) is 5.75 Å². The van der Waals surface area contributed by atoms with Crippen molar-refractivity contribution in [3.05, 3.63) is 24.2 Å². The van der Waals surface area contributed by atoms with E-state index in [4.69, 9.17) is 4.74 Å². The van der Waals surface area contributed by atoms with E-state index in [-0.39, 0.29) is 5.75 Å². The summed E-state index contributed by atoms with van der Waals surface area (Å²) in [6.45, 7) is 0. The van der Waals surface area contributed by atoms with Crippen LogP contribution in [0.1, 0.15) is 23.9 Å². The molecule has 1 aliphatic rings. The van der Waals surface area contributed by atoms with Crippen molar-refractivity contribution in [1.29, 1.82) is 0 Å². The van der Waals surface area contributed by atoms with Gasteiger partial charge in [0.25, 0.3) is 0 Å². The van der Waals surface area contributed by atoms with Crippen LogP contribution in [-0.4, -0.2) is 35.9 Å². The summed E-state index contributed by atoms with van der Waals surface area (Å²) in [4.78, 5) is 4.28. The van der Waals surface area contributed by atoms with E-state index in [1.807, 2.05) is 0 Å². The third-order valence-corrected chi connectivity index (χ3v) is 5.34. The third-order valence-electron chi connectivity index (χ3n) is 3.17. The van der Waals surface area contributed by atoms with Gasteiger partial charge in [0.1, 0.15) is 11.0 Å². The highest BCUT2D eigenvalue weighted by atomic mass is 32.2. The van der Waals surface area contributed by atoms with E-state index >= 15 is 0 Å². The molecule has 1 unspecified atom stereocenters. The van der Waals surface area contributed by atoms with Gasteiger partial charge in [-0.25, -0.2) is 17.9 Å². The Hall–Kier alpha value is -1.63. The maximum Gasteiger partial charge on any atom is 0.169 e. The third kappa shape index (κ3) is 1.74. The minimum Gasteiger partial charge on any atom is -0.495 e. The monoisotopic (exact) mass is 267 g/mol. The number of nitrogens with zero attached hydrogens (tertiary/aromatic N) is 3. The van der Waals surface area contributed by atoms with E-state index in [1.165, 1.54) is 0 Å². The first-order chi connectivity index (χ1) is 8.60. The molecule has 3 rings (SSSR count). The van der Waals surface area contributed by atoms with E-state index in [0.717, 1.165) is 0 Å². The lowest BCUT2D eigenvalue weighted by atomic mass is 10.2. The van der Waals surface area contributed by atoms with E-state index in [2.05, 4.69) is 10.1 Å². The first-order valence-electron chi connectivity index (χ1n) is 5.72. The summed E-state index contributed by atoms with van der Waals surface area (Å²) >= 11 is 0. The minimum absolute atomic E-state index is 0.233. The quantitative estimate of drug-likeness (QED) is 0.811. The van der Waals surface area contributed by atoms with Crippen LogP contribution in [0, 0.1) is 0 Å². The number of pyridine rings is 1. The molecule has 18 heavy (non-hydrogen) atoms. The molecule has 1 aliphatic heterocycles. The molecule has 2 aromatic heterocycles. The minimum atomic E-state index is -3.07. The summed E-state index contributed by atoms with van der Waals surface area (Å²) in [7, 11) is -1.50. The Morgan fingerprint density at radius 3 is 2.94 bits per heavy atom. The molecule has 0 spiro atoms. The molecule has 3 heterocycles. The zero-order valence-electron chi connectivity index (χ0n) is 9.91. The highest BCUT2D eigenvalue weighted by Gasteiger charge is 2.35. The van der Waals surface area contributed by atoms with Crippen molar-refractivity contribution in [1.82, 2.24) is 14.6 Å².